The summed E-state index contributed by atoms with van der Waals surface area (Å²) in [5.41, 5.74) is 2.08. The van der Waals surface area contributed by atoms with E-state index in [1.54, 1.807) is 0 Å². The van der Waals surface area contributed by atoms with Crippen LogP contribution in [0.25, 0.3) is 0 Å². The maximum atomic E-state index is 5.81. The first-order valence-corrected chi connectivity index (χ1v) is 6.62. The number of fused-ring (bicyclic) bond motifs is 2. The van der Waals surface area contributed by atoms with E-state index in [1.165, 1.54) is 0 Å². The predicted molar refractivity (Wildman–Crippen MR) is 75.2 cm³/mol. The molecule has 0 radical (unpaired) electrons. The molecule has 0 spiro atoms. The second kappa shape index (κ2) is 4.89. The van der Waals surface area contributed by atoms with Crippen LogP contribution in [0, 0.1) is 0 Å². The molecule has 20 heavy (non-hydrogen) atoms. The zero-order valence-corrected chi connectivity index (χ0v) is 10.8. The molecule has 0 amide bonds. The molecule has 2 heterocycles. The molecule has 98 valence electrons. The van der Waals surface area contributed by atoms with Gasteiger partial charge in [-0.05, 0) is 12.1 Å². The van der Waals surface area contributed by atoms with Crippen molar-refractivity contribution < 1.29 is 18.6 Å². The molecule has 0 fully saturated rings. The molecule has 6 heteroatoms. The summed E-state index contributed by atoms with van der Waals surface area (Å²) in [6.45, 7) is 1.01. The molecular weight excluding hydrogens is 254 g/mol. The maximum absolute atomic E-state index is 5.81. The van der Waals surface area contributed by atoms with Crippen LogP contribution in [0.5, 0.6) is 11.5 Å². The van der Waals surface area contributed by atoms with Crippen molar-refractivity contribution in [1.82, 2.24) is 0 Å². The van der Waals surface area contributed by atoms with Gasteiger partial charge in [0.1, 0.15) is 11.5 Å². The van der Waals surface area contributed by atoms with E-state index >= 15 is 0 Å². The zero-order valence-electron chi connectivity index (χ0n) is 10.8. The van der Waals surface area contributed by atoms with Crippen molar-refractivity contribution in [3.63, 3.8) is 0 Å². The van der Waals surface area contributed by atoms with E-state index in [4.69, 9.17) is 18.6 Å². The summed E-state index contributed by atoms with van der Waals surface area (Å²) in [6, 6.07) is 15.7. The third kappa shape index (κ3) is 2.07. The van der Waals surface area contributed by atoms with Crippen molar-refractivity contribution in [1.29, 1.82) is 0 Å². The molecular formula is C14H12B2O4. The van der Waals surface area contributed by atoms with E-state index < -0.39 is 14.0 Å². The zero-order chi connectivity index (χ0) is 13.4. The molecule has 4 rings (SSSR count). The minimum Gasteiger partial charge on any atom is -0.537 e. The van der Waals surface area contributed by atoms with Gasteiger partial charge in [0.15, 0.2) is 0 Å². The van der Waals surface area contributed by atoms with Crippen molar-refractivity contribution in [2.45, 2.75) is 13.2 Å². The van der Waals surface area contributed by atoms with E-state index in [-0.39, 0.29) is 0 Å². The lowest BCUT2D eigenvalue weighted by Crippen LogP contribution is -2.52. The quantitative estimate of drug-likeness (QED) is 0.742. The first-order valence-electron chi connectivity index (χ1n) is 6.62. The van der Waals surface area contributed by atoms with Crippen LogP contribution in [0.2, 0.25) is 0 Å². The lowest BCUT2D eigenvalue weighted by Gasteiger charge is -2.29. The van der Waals surface area contributed by atoms with Gasteiger partial charge in [-0.25, -0.2) is 0 Å². The molecule has 0 aromatic heterocycles. The summed E-state index contributed by atoms with van der Waals surface area (Å²) < 4.78 is 23.0. The first kappa shape index (κ1) is 11.9. The normalized spacial score (nSPS) is 16.8. The van der Waals surface area contributed by atoms with Gasteiger partial charge in [-0.3, -0.25) is 0 Å². The van der Waals surface area contributed by atoms with Crippen molar-refractivity contribution in [3.8, 4) is 11.5 Å². The molecule has 2 aliphatic rings. The Hall–Kier alpha value is -1.91. The van der Waals surface area contributed by atoms with Gasteiger partial charge in [0.05, 0.1) is 13.2 Å². The molecule has 2 aromatic carbocycles. The van der Waals surface area contributed by atoms with E-state index in [0.29, 0.717) is 13.2 Å². The highest BCUT2D eigenvalue weighted by Crippen LogP contribution is 2.29. The fourth-order valence-corrected chi connectivity index (χ4v) is 2.41. The molecule has 0 N–H and O–H groups in total. The second-order valence-electron chi connectivity index (χ2n) is 4.81. The number of para-hydroxylation sites is 2. The summed E-state index contributed by atoms with van der Waals surface area (Å²) in [7, 11) is -1.09. The topological polar surface area (TPSA) is 36.9 Å². The van der Waals surface area contributed by atoms with Crippen LogP contribution in [0.4, 0.5) is 0 Å². The van der Waals surface area contributed by atoms with Crippen LogP contribution in [0.3, 0.4) is 0 Å². The van der Waals surface area contributed by atoms with Gasteiger partial charge in [-0.1, -0.05) is 36.4 Å². The van der Waals surface area contributed by atoms with Gasteiger partial charge in [0.2, 0.25) is 0 Å². The van der Waals surface area contributed by atoms with Crippen molar-refractivity contribution >= 4 is 14.0 Å². The van der Waals surface area contributed by atoms with Crippen molar-refractivity contribution in [2.75, 3.05) is 0 Å². The van der Waals surface area contributed by atoms with E-state index in [9.17, 15) is 0 Å². The fourth-order valence-electron chi connectivity index (χ4n) is 2.41. The Morgan fingerprint density at radius 1 is 0.650 bits per heavy atom. The Kier molecular flexibility index (Phi) is 2.90. The van der Waals surface area contributed by atoms with Crippen molar-refractivity contribution in [2.24, 2.45) is 0 Å². The van der Waals surface area contributed by atoms with Gasteiger partial charge < -0.3 is 18.6 Å². The van der Waals surface area contributed by atoms with Crippen LogP contribution in [0.1, 0.15) is 11.1 Å². The summed E-state index contributed by atoms with van der Waals surface area (Å²) in [4.78, 5) is 0. The molecule has 0 bridgehead atoms. The Morgan fingerprint density at radius 3 is 1.60 bits per heavy atom. The molecule has 0 unspecified atom stereocenters. The van der Waals surface area contributed by atoms with Crippen LogP contribution < -0.4 is 9.31 Å². The van der Waals surface area contributed by atoms with Crippen LogP contribution in [-0.4, -0.2) is 14.0 Å². The van der Waals surface area contributed by atoms with Gasteiger partial charge in [-0.2, -0.15) is 0 Å². The van der Waals surface area contributed by atoms with E-state index in [1.807, 2.05) is 48.5 Å². The fraction of sp³-hybridized carbons (Fsp3) is 0.143. The number of hydrogen-bond donors (Lipinski definition) is 0. The standard InChI is InChI=1S/C14H12B2O4/c1-3-7-13-11(5-1)9-17-15(19-13)16-18-10-12-6-2-4-8-14(12)20-16/h1-8H,9-10H2. The van der Waals surface area contributed by atoms with E-state index in [0.717, 1.165) is 22.6 Å². The Labute approximate surface area is 117 Å². The summed E-state index contributed by atoms with van der Waals surface area (Å²) in [5.74, 6) is 1.66. The summed E-state index contributed by atoms with van der Waals surface area (Å²) >= 11 is 0. The summed E-state index contributed by atoms with van der Waals surface area (Å²) in [5, 5.41) is 0. The van der Waals surface area contributed by atoms with Gasteiger partial charge in [0, 0.05) is 11.1 Å². The second-order valence-corrected chi connectivity index (χ2v) is 4.81. The monoisotopic (exact) mass is 266 g/mol. The first-order chi connectivity index (χ1) is 9.90. The highest BCUT2D eigenvalue weighted by atomic mass is 16.7. The summed E-state index contributed by atoms with van der Waals surface area (Å²) in [6.07, 6.45) is 0. The minimum atomic E-state index is -0.543. The maximum Gasteiger partial charge on any atom is 0.572 e. The van der Waals surface area contributed by atoms with Gasteiger partial charge in [-0.15, -0.1) is 0 Å². The van der Waals surface area contributed by atoms with Gasteiger partial charge >= 0.3 is 14.0 Å². The Morgan fingerprint density at radius 2 is 1.10 bits per heavy atom. The average Bonchev–Trinajstić information content (AvgIpc) is 2.54. The largest absolute Gasteiger partial charge is 0.572 e. The predicted octanol–water partition coefficient (Wildman–Crippen LogP) is 2.26. The lowest BCUT2D eigenvalue weighted by atomic mass is 9.47. The number of rotatable bonds is 1. The molecule has 0 saturated heterocycles. The molecule has 0 saturated carbocycles. The third-order valence-electron chi connectivity index (χ3n) is 3.46. The minimum absolute atomic E-state index is 0.506. The highest BCUT2D eigenvalue weighted by Gasteiger charge is 2.47. The highest BCUT2D eigenvalue weighted by molar-refractivity contribution is 7.11. The van der Waals surface area contributed by atoms with E-state index in [2.05, 4.69) is 0 Å². The van der Waals surface area contributed by atoms with Crippen LogP contribution in [0.15, 0.2) is 48.5 Å². The molecule has 0 atom stereocenters. The smallest absolute Gasteiger partial charge is 0.537 e. The SMILES string of the molecule is c1ccc2c(c1)COB(B1OCc3ccccc3O1)O2. The molecule has 4 nitrogen and oxygen atoms in total. The Balaban J connectivity index is 1.53. The Bertz CT molecular complexity index is 579. The molecule has 0 aliphatic carbocycles. The number of benzene rings is 2. The molecule has 2 aromatic rings. The lowest BCUT2D eigenvalue weighted by molar-refractivity contribution is 0.199. The van der Waals surface area contributed by atoms with Gasteiger partial charge in [0.25, 0.3) is 0 Å². The average molecular weight is 266 g/mol. The van der Waals surface area contributed by atoms with Crippen molar-refractivity contribution in [3.05, 3.63) is 59.7 Å². The third-order valence-corrected chi connectivity index (χ3v) is 3.46. The number of hydrogen-bond acceptors (Lipinski definition) is 4. The van der Waals surface area contributed by atoms with Crippen LogP contribution in [-0.2, 0) is 22.5 Å². The van der Waals surface area contributed by atoms with Crippen LogP contribution >= 0.6 is 0 Å². The molecule has 2 aliphatic heterocycles.